The number of fused-ring (bicyclic) bond motifs is 1. The van der Waals surface area contributed by atoms with Gasteiger partial charge in [-0.1, -0.05) is 36.0 Å². The van der Waals surface area contributed by atoms with Crippen molar-refractivity contribution in [3.8, 4) is 5.75 Å². The lowest BCUT2D eigenvalue weighted by molar-refractivity contribution is -0.140. The Balaban J connectivity index is 1.64. The SMILES string of the molecule is COc1ccc(CSC2=NC(c3cccc4nonc34)C(C(=O)O)C(C)=N2)cc1. The minimum atomic E-state index is -0.979. The summed E-state index contributed by atoms with van der Waals surface area (Å²) in [6, 6.07) is 12.5. The first-order valence-electron chi connectivity index (χ1n) is 8.89. The summed E-state index contributed by atoms with van der Waals surface area (Å²) in [4.78, 5) is 21.0. The summed E-state index contributed by atoms with van der Waals surface area (Å²) in [5, 5.41) is 18.1. The van der Waals surface area contributed by atoms with E-state index in [1.54, 1.807) is 32.2 Å². The Bertz CT molecular complexity index is 1110. The maximum absolute atomic E-state index is 11.9. The van der Waals surface area contributed by atoms with Gasteiger partial charge in [0.2, 0.25) is 0 Å². The number of ether oxygens (including phenoxy) is 1. The summed E-state index contributed by atoms with van der Waals surface area (Å²) in [6.45, 7) is 1.72. The summed E-state index contributed by atoms with van der Waals surface area (Å²) >= 11 is 1.46. The number of carboxylic acids is 1. The third-order valence-corrected chi connectivity index (χ3v) is 5.65. The smallest absolute Gasteiger partial charge is 0.314 e. The summed E-state index contributed by atoms with van der Waals surface area (Å²) in [5.74, 6) is -0.406. The van der Waals surface area contributed by atoms with Crippen molar-refractivity contribution in [1.29, 1.82) is 0 Å². The van der Waals surface area contributed by atoms with Crippen molar-refractivity contribution in [3.05, 3.63) is 53.6 Å². The van der Waals surface area contributed by atoms with Gasteiger partial charge >= 0.3 is 5.97 Å². The molecule has 0 saturated heterocycles. The fraction of sp³-hybridized carbons (Fsp3) is 0.250. The number of rotatable bonds is 5. The van der Waals surface area contributed by atoms with Crippen LogP contribution in [-0.4, -0.2) is 39.4 Å². The van der Waals surface area contributed by atoms with Crippen LogP contribution in [0.3, 0.4) is 0 Å². The third kappa shape index (κ3) is 3.86. The first-order valence-corrected chi connectivity index (χ1v) is 9.88. The Labute approximate surface area is 170 Å². The molecule has 2 atom stereocenters. The summed E-state index contributed by atoms with van der Waals surface area (Å²) in [7, 11) is 1.63. The first-order chi connectivity index (χ1) is 14.1. The van der Waals surface area contributed by atoms with Crippen LogP contribution in [0.5, 0.6) is 5.75 Å². The van der Waals surface area contributed by atoms with Crippen molar-refractivity contribution >= 4 is 39.6 Å². The normalized spacial score (nSPS) is 19.0. The van der Waals surface area contributed by atoms with Gasteiger partial charge in [0.05, 0.1) is 13.2 Å². The second-order valence-corrected chi connectivity index (χ2v) is 7.48. The molecule has 0 amide bonds. The number of hydrogen-bond acceptors (Lipinski definition) is 8. The average Bonchev–Trinajstić information content (AvgIpc) is 3.21. The average molecular weight is 410 g/mol. The zero-order chi connectivity index (χ0) is 20.4. The first kappa shape index (κ1) is 19.1. The lowest BCUT2D eigenvalue weighted by atomic mass is 9.88. The van der Waals surface area contributed by atoms with Crippen LogP contribution in [0.2, 0.25) is 0 Å². The van der Waals surface area contributed by atoms with Crippen LogP contribution < -0.4 is 4.74 Å². The van der Waals surface area contributed by atoms with E-state index in [1.807, 2.05) is 24.3 Å². The van der Waals surface area contributed by atoms with Crippen molar-refractivity contribution in [2.45, 2.75) is 18.7 Å². The van der Waals surface area contributed by atoms with E-state index in [9.17, 15) is 9.90 Å². The van der Waals surface area contributed by atoms with Crippen molar-refractivity contribution in [2.24, 2.45) is 15.9 Å². The molecule has 0 aliphatic carbocycles. The van der Waals surface area contributed by atoms with Crippen LogP contribution in [0.1, 0.15) is 24.1 Å². The zero-order valence-corrected chi connectivity index (χ0v) is 16.6. The summed E-state index contributed by atoms with van der Waals surface area (Å²) in [6.07, 6.45) is 0. The molecule has 0 bridgehead atoms. The third-order valence-electron chi connectivity index (χ3n) is 4.72. The molecule has 29 heavy (non-hydrogen) atoms. The van der Waals surface area contributed by atoms with E-state index in [0.717, 1.165) is 11.3 Å². The molecule has 9 heteroatoms. The minimum absolute atomic E-state index is 0.503. The molecule has 0 saturated carbocycles. The summed E-state index contributed by atoms with van der Waals surface area (Å²) in [5.41, 5.74) is 3.33. The molecule has 0 radical (unpaired) electrons. The van der Waals surface area contributed by atoms with Crippen molar-refractivity contribution < 1.29 is 19.3 Å². The van der Waals surface area contributed by atoms with E-state index >= 15 is 0 Å². The number of aliphatic imine (C=N–C) groups is 2. The number of carboxylic acid groups (broad SMARTS) is 1. The predicted molar refractivity (Wildman–Crippen MR) is 111 cm³/mol. The highest BCUT2D eigenvalue weighted by molar-refractivity contribution is 8.13. The van der Waals surface area contributed by atoms with Crippen LogP contribution in [0, 0.1) is 5.92 Å². The number of benzene rings is 2. The molecule has 148 valence electrons. The highest BCUT2D eigenvalue weighted by Gasteiger charge is 2.36. The topological polar surface area (TPSA) is 110 Å². The van der Waals surface area contributed by atoms with Crippen molar-refractivity contribution in [1.82, 2.24) is 10.3 Å². The molecule has 1 aliphatic heterocycles. The molecule has 4 rings (SSSR count). The number of amidine groups is 1. The van der Waals surface area contributed by atoms with Gasteiger partial charge in [-0.2, -0.15) is 0 Å². The van der Waals surface area contributed by atoms with Crippen LogP contribution in [0.25, 0.3) is 11.0 Å². The number of aromatic nitrogens is 2. The lowest BCUT2D eigenvalue weighted by Crippen LogP contribution is -2.31. The van der Waals surface area contributed by atoms with Crippen LogP contribution >= 0.6 is 11.8 Å². The van der Waals surface area contributed by atoms with Gasteiger partial charge in [-0.3, -0.25) is 9.79 Å². The van der Waals surface area contributed by atoms with Crippen molar-refractivity contribution in [2.75, 3.05) is 7.11 Å². The van der Waals surface area contributed by atoms with E-state index in [-0.39, 0.29) is 0 Å². The number of nitrogens with zero attached hydrogens (tertiary/aromatic N) is 4. The van der Waals surface area contributed by atoms with Gasteiger partial charge in [0, 0.05) is 17.0 Å². The standard InChI is InChI=1S/C20H18N4O4S/c1-11-16(19(25)26)18(14-4-3-5-15-17(14)24-28-23-15)22-20(21-11)29-10-12-6-8-13(27-2)9-7-12/h3-9,16,18H,10H2,1-2H3,(H,25,26). The second kappa shape index (κ2) is 8.04. The number of methoxy groups -OCH3 is 1. The van der Waals surface area contributed by atoms with E-state index in [1.165, 1.54) is 11.8 Å². The van der Waals surface area contributed by atoms with E-state index in [4.69, 9.17) is 9.37 Å². The van der Waals surface area contributed by atoms with Gasteiger partial charge in [0.15, 0.2) is 5.17 Å². The van der Waals surface area contributed by atoms with Crippen LogP contribution in [0.4, 0.5) is 0 Å². The Hall–Kier alpha value is -3.20. The molecule has 0 fully saturated rings. The Morgan fingerprint density at radius 3 is 2.72 bits per heavy atom. The predicted octanol–water partition coefficient (Wildman–Crippen LogP) is 3.74. The number of hydrogen-bond donors (Lipinski definition) is 1. The number of thioether (sulfide) groups is 1. The maximum atomic E-state index is 11.9. The fourth-order valence-corrected chi connectivity index (χ4v) is 4.12. The second-order valence-electron chi connectivity index (χ2n) is 6.54. The molecular formula is C20H18N4O4S. The van der Waals surface area contributed by atoms with Crippen LogP contribution in [0.15, 0.2) is 57.1 Å². The van der Waals surface area contributed by atoms with Crippen molar-refractivity contribution in [3.63, 3.8) is 0 Å². The minimum Gasteiger partial charge on any atom is -0.497 e. The quantitative estimate of drug-likeness (QED) is 0.682. The molecule has 3 aromatic rings. The van der Waals surface area contributed by atoms with E-state index in [0.29, 0.717) is 33.2 Å². The Kier molecular flexibility index (Phi) is 5.30. The fourth-order valence-electron chi connectivity index (χ4n) is 3.24. The highest BCUT2D eigenvalue weighted by atomic mass is 32.2. The zero-order valence-electron chi connectivity index (χ0n) is 15.8. The molecular weight excluding hydrogens is 392 g/mol. The molecule has 8 nitrogen and oxygen atoms in total. The summed E-state index contributed by atoms with van der Waals surface area (Å²) < 4.78 is 10.0. The molecule has 1 aromatic heterocycles. The number of aliphatic carboxylic acids is 1. The van der Waals surface area contributed by atoms with Gasteiger partial charge < -0.3 is 9.84 Å². The molecule has 1 aliphatic rings. The van der Waals surface area contributed by atoms with Crippen LogP contribution in [-0.2, 0) is 10.5 Å². The van der Waals surface area contributed by atoms with E-state index in [2.05, 4.69) is 20.3 Å². The molecule has 2 aromatic carbocycles. The van der Waals surface area contributed by atoms with Gasteiger partial charge in [0.25, 0.3) is 0 Å². The lowest BCUT2D eigenvalue weighted by Gasteiger charge is -2.25. The van der Waals surface area contributed by atoms with Gasteiger partial charge in [-0.05, 0) is 41.0 Å². The molecule has 2 heterocycles. The highest BCUT2D eigenvalue weighted by Crippen LogP contribution is 2.36. The molecule has 2 unspecified atom stereocenters. The number of carbonyl (C=O) groups is 1. The maximum Gasteiger partial charge on any atom is 0.314 e. The molecule has 0 spiro atoms. The monoisotopic (exact) mass is 410 g/mol. The molecule has 1 N–H and O–H groups in total. The van der Waals surface area contributed by atoms with Gasteiger partial charge in [0.1, 0.15) is 22.7 Å². The largest absolute Gasteiger partial charge is 0.497 e. The van der Waals surface area contributed by atoms with E-state index < -0.39 is 17.9 Å². The van der Waals surface area contributed by atoms with Gasteiger partial charge in [-0.25, -0.2) is 9.62 Å². The Morgan fingerprint density at radius 2 is 2.00 bits per heavy atom. The van der Waals surface area contributed by atoms with Gasteiger partial charge in [-0.15, -0.1) is 0 Å². The Morgan fingerprint density at radius 1 is 1.21 bits per heavy atom.